The molecule has 5 nitrogen and oxygen atoms in total. The molecule has 1 aromatic carbocycles. The fourth-order valence-electron chi connectivity index (χ4n) is 2.36. The Hall–Kier alpha value is -2.14. The predicted molar refractivity (Wildman–Crippen MR) is 83.9 cm³/mol. The summed E-state index contributed by atoms with van der Waals surface area (Å²) in [5.74, 6) is -0.321. The zero-order valence-electron chi connectivity index (χ0n) is 13.1. The van der Waals surface area contributed by atoms with E-state index in [1.807, 2.05) is 36.8 Å². The number of hydrogen-bond donors (Lipinski definition) is 0. The van der Waals surface area contributed by atoms with Gasteiger partial charge in [-0.25, -0.2) is 9.78 Å². The van der Waals surface area contributed by atoms with Crippen molar-refractivity contribution < 1.29 is 14.3 Å². The van der Waals surface area contributed by atoms with Gasteiger partial charge in [-0.2, -0.15) is 0 Å². The molecule has 0 bridgehead atoms. The van der Waals surface area contributed by atoms with Gasteiger partial charge in [0.1, 0.15) is 6.61 Å². The van der Waals surface area contributed by atoms with Gasteiger partial charge in [-0.15, -0.1) is 0 Å². The molecule has 118 valence electrons. The maximum Gasteiger partial charge on any atom is 0.338 e. The lowest BCUT2D eigenvalue weighted by molar-refractivity contribution is 0.0388. The summed E-state index contributed by atoms with van der Waals surface area (Å²) in [6.07, 6.45) is 7.67. The molecule has 1 atom stereocenters. The first kappa shape index (κ1) is 16.2. The van der Waals surface area contributed by atoms with E-state index in [2.05, 4.69) is 16.5 Å². The summed E-state index contributed by atoms with van der Waals surface area (Å²) in [6, 6.07) is 7.82. The van der Waals surface area contributed by atoms with Crippen molar-refractivity contribution in [3.8, 4) is 0 Å². The van der Waals surface area contributed by atoms with Gasteiger partial charge in [0.2, 0.25) is 0 Å². The lowest BCUT2D eigenvalue weighted by atomic mass is 10.0. The summed E-state index contributed by atoms with van der Waals surface area (Å²) >= 11 is 0. The Morgan fingerprint density at radius 2 is 2.05 bits per heavy atom. The molecule has 0 saturated carbocycles. The summed E-state index contributed by atoms with van der Waals surface area (Å²) in [6.45, 7) is 2.83. The Balaban J connectivity index is 2.08. The number of hydrogen-bond acceptors (Lipinski definition) is 4. The molecular formula is C17H22N2O3. The SMILES string of the molecule is CCCC(c1ccc(C(=O)OCCOC)cc1)n1ccnc1. The van der Waals surface area contributed by atoms with E-state index in [-0.39, 0.29) is 18.6 Å². The summed E-state index contributed by atoms with van der Waals surface area (Å²) in [4.78, 5) is 16.0. The third-order valence-corrected chi connectivity index (χ3v) is 3.50. The number of nitrogens with zero attached hydrogens (tertiary/aromatic N) is 2. The van der Waals surface area contributed by atoms with Crippen LogP contribution in [0.3, 0.4) is 0 Å². The fourth-order valence-corrected chi connectivity index (χ4v) is 2.36. The van der Waals surface area contributed by atoms with Crippen molar-refractivity contribution in [3.63, 3.8) is 0 Å². The molecule has 2 rings (SSSR count). The monoisotopic (exact) mass is 302 g/mol. The van der Waals surface area contributed by atoms with Crippen molar-refractivity contribution >= 4 is 5.97 Å². The van der Waals surface area contributed by atoms with Gasteiger partial charge in [0, 0.05) is 19.5 Å². The normalized spacial score (nSPS) is 12.1. The number of ether oxygens (including phenoxy) is 2. The van der Waals surface area contributed by atoms with E-state index in [1.54, 1.807) is 13.3 Å². The Labute approximate surface area is 130 Å². The van der Waals surface area contributed by atoms with Crippen molar-refractivity contribution in [2.75, 3.05) is 20.3 Å². The van der Waals surface area contributed by atoms with Crippen LogP contribution in [0, 0.1) is 0 Å². The molecule has 1 aromatic heterocycles. The van der Waals surface area contributed by atoms with Crippen molar-refractivity contribution in [2.45, 2.75) is 25.8 Å². The Kier molecular flexibility index (Phi) is 6.15. The number of aromatic nitrogens is 2. The summed E-state index contributed by atoms with van der Waals surface area (Å²) in [7, 11) is 1.58. The van der Waals surface area contributed by atoms with Crippen LogP contribution in [-0.2, 0) is 9.47 Å². The first-order chi connectivity index (χ1) is 10.8. The van der Waals surface area contributed by atoms with E-state index < -0.39 is 0 Å². The predicted octanol–water partition coefficient (Wildman–Crippen LogP) is 3.08. The molecule has 0 saturated heterocycles. The minimum absolute atomic E-state index is 0.242. The minimum Gasteiger partial charge on any atom is -0.460 e. The molecule has 1 heterocycles. The quantitative estimate of drug-likeness (QED) is 0.555. The first-order valence-corrected chi connectivity index (χ1v) is 7.49. The van der Waals surface area contributed by atoms with E-state index in [0.29, 0.717) is 12.2 Å². The minimum atomic E-state index is -0.321. The van der Waals surface area contributed by atoms with Crippen molar-refractivity contribution in [3.05, 3.63) is 54.1 Å². The zero-order chi connectivity index (χ0) is 15.8. The smallest absolute Gasteiger partial charge is 0.338 e. The molecule has 0 aliphatic rings. The fraction of sp³-hybridized carbons (Fsp3) is 0.412. The second kappa shape index (κ2) is 8.34. The summed E-state index contributed by atoms with van der Waals surface area (Å²) < 4.78 is 12.1. The van der Waals surface area contributed by atoms with E-state index in [0.717, 1.165) is 18.4 Å². The van der Waals surface area contributed by atoms with Crippen LogP contribution >= 0.6 is 0 Å². The Bertz CT molecular complexity index is 564. The molecule has 0 aliphatic carbocycles. The van der Waals surface area contributed by atoms with E-state index in [4.69, 9.17) is 9.47 Å². The average molecular weight is 302 g/mol. The molecule has 22 heavy (non-hydrogen) atoms. The number of carbonyl (C=O) groups excluding carboxylic acids is 1. The molecule has 1 unspecified atom stereocenters. The molecule has 0 radical (unpaired) electrons. The van der Waals surface area contributed by atoms with Crippen LogP contribution in [0.1, 0.15) is 41.7 Å². The van der Waals surface area contributed by atoms with Gasteiger partial charge in [-0.1, -0.05) is 25.5 Å². The molecule has 0 spiro atoms. The van der Waals surface area contributed by atoms with Crippen LogP contribution < -0.4 is 0 Å². The van der Waals surface area contributed by atoms with Crippen LogP contribution in [0.2, 0.25) is 0 Å². The van der Waals surface area contributed by atoms with Crippen LogP contribution in [0.5, 0.6) is 0 Å². The second-order valence-electron chi connectivity index (χ2n) is 5.07. The maximum atomic E-state index is 11.9. The average Bonchev–Trinajstić information content (AvgIpc) is 3.07. The van der Waals surface area contributed by atoms with Crippen LogP contribution in [0.4, 0.5) is 0 Å². The maximum absolute atomic E-state index is 11.9. The lowest BCUT2D eigenvalue weighted by Gasteiger charge is -2.18. The molecule has 0 aliphatic heterocycles. The van der Waals surface area contributed by atoms with Gasteiger partial charge in [0.05, 0.1) is 24.5 Å². The molecule has 5 heteroatoms. The highest BCUT2D eigenvalue weighted by Gasteiger charge is 2.13. The van der Waals surface area contributed by atoms with Gasteiger partial charge in [0.15, 0.2) is 0 Å². The standard InChI is InChI=1S/C17H22N2O3/c1-3-4-16(19-10-9-18-13-19)14-5-7-15(8-6-14)17(20)22-12-11-21-2/h5-10,13,16H,3-4,11-12H2,1-2H3. The number of benzene rings is 1. The second-order valence-corrected chi connectivity index (χ2v) is 5.07. The van der Waals surface area contributed by atoms with Gasteiger partial charge in [-0.3, -0.25) is 0 Å². The van der Waals surface area contributed by atoms with Gasteiger partial charge in [0.25, 0.3) is 0 Å². The van der Waals surface area contributed by atoms with Crippen LogP contribution in [0.15, 0.2) is 43.0 Å². The summed E-state index contributed by atoms with van der Waals surface area (Å²) in [5, 5.41) is 0. The highest BCUT2D eigenvalue weighted by atomic mass is 16.6. The van der Waals surface area contributed by atoms with Gasteiger partial charge < -0.3 is 14.0 Å². The molecular weight excluding hydrogens is 280 g/mol. The largest absolute Gasteiger partial charge is 0.460 e. The number of rotatable bonds is 8. The molecule has 0 N–H and O–H groups in total. The van der Waals surface area contributed by atoms with Gasteiger partial charge in [-0.05, 0) is 24.1 Å². The number of carbonyl (C=O) groups is 1. The van der Waals surface area contributed by atoms with Crippen molar-refractivity contribution in [2.24, 2.45) is 0 Å². The molecule has 0 fully saturated rings. The summed E-state index contributed by atoms with van der Waals surface area (Å²) in [5.41, 5.74) is 1.72. The highest BCUT2D eigenvalue weighted by molar-refractivity contribution is 5.89. The molecule has 2 aromatic rings. The van der Waals surface area contributed by atoms with E-state index >= 15 is 0 Å². The third kappa shape index (κ3) is 4.18. The van der Waals surface area contributed by atoms with Crippen molar-refractivity contribution in [1.29, 1.82) is 0 Å². The number of methoxy groups -OCH3 is 1. The van der Waals surface area contributed by atoms with Crippen molar-refractivity contribution in [1.82, 2.24) is 9.55 Å². The van der Waals surface area contributed by atoms with E-state index in [9.17, 15) is 4.79 Å². The first-order valence-electron chi connectivity index (χ1n) is 7.49. The Morgan fingerprint density at radius 3 is 2.64 bits per heavy atom. The zero-order valence-corrected chi connectivity index (χ0v) is 13.1. The third-order valence-electron chi connectivity index (χ3n) is 3.50. The lowest BCUT2D eigenvalue weighted by Crippen LogP contribution is -2.11. The molecule has 0 amide bonds. The van der Waals surface area contributed by atoms with Gasteiger partial charge >= 0.3 is 5.97 Å². The van der Waals surface area contributed by atoms with Crippen LogP contribution in [0.25, 0.3) is 0 Å². The van der Waals surface area contributed by atoms with E-state index in [1.165, 1.54) is 0 Å². The Morgan fingerprint density at radius 1 is 1.27 bits per heavy atom. The topological polar surface area (TPSA) is 53.4 Å². The number of imidazole rings is 1. The number of esters is 1. The van der Waals surface area contributed by atoms with Crippen LogP contribution in [-0.4, -0.2) is 35.8 Å². The highest BCUT2D eigenvalue weighted by Crippen LogP contribution is 2.23.